The van der Waals surface area contributed by atoms with Crippen LogP contribution in [0.25, 0.3) is 0 Å². The third-order valence-electron chi connectivity index (χ3n) is 6.22. The maximum absolute atomic E-state index is 13.4. The Hall–Kier alpha value is -4.54. The van der Waals surface area contributed by atoms with Crippen LogP contribution in [0, 0.1) is 5.92 Å². The lowest BCUT2D eigenvalue weighted by atomic mass is 10.1. The molecule has 1 fully saturated rings. The first-order valence-corrected chi connectivity index (χ1v) is 11.2. The predicted molar refractivity (Wildman–Crippen MR) is 135 cm³/mol. The van der Waals surface area contributed by atoms with E-state index in [1.54, 1.807) is 18.2 Å². The van der Waals surface area contributed by atoms with E-state index in [1.165, 1.54) is 30.7 Å². The summed E-state index contributed by atoms with van der Waals surface area (Å²) < 4.78 is 11.8. The Kier molecular flexibility index (Phi) is 6.82. The van der Waals surface area contributed by atoms with Gasteiger partial charge in [0, 0.05) is 31.8 Å². The Morgan fingerprint density at radius 3 is 2.44 bits per heavy atom. The third kappa shape index (κ3) is 4.54. The summed E-state index contributed by atoms with van der Waals surface area (Å²) in [5.41, 5.74) is 5.97. The van der Waals surface area contributed by atoms with Gasteiger partial charge in [0.15, 0.2) is 17.2 Å². The van der Waals surface area contributed by atoms with E-state index >= 15 is 0 Å². The molecule has 0 bridgehead atoms. The summed E-state index contributed by atoms with van der Waals surface area (Å²) in [4.78, 5) is 56.1. The summed E-state index contributed by atoms with van der Waals surface area (Å²) in [5.74, 6) is -0.595. The molecule has 1 atom stereocenters. The van der Waals surface area contributed by atoms with Gasteiger partial charge in [-0.1, -0.05) is 30.3 Å². The number of nitrogens with zero attached hydrogens (tertiary/aromatic N) is 3. The molecule has 0 radical (unpaired) electrons. The van der Waals surface area contributed by atoms with Crippen molar-refractivity contribution in [1.82, 2.24) is 9.55 Å². The second kappa shape index (κ2) is 9.98. The Morgan fingerprint density at radius 2 is 1.78 bits per heavy atom. The van der Waals surface area contributed by atoms with E-state index < -0.39 is 23.1 Å². The highest BCUT2D eigenvalue weighted by atomic mass is 16.5. The molecule has 2 heterocycles. The fourth-order valence-corrected chi connectivity index (χ4v) is 4.32. The molecule has 1 aliphatic heterocycles. The molecule has 3 N–H and O–H groups in total. The molecular formula is C25H27N5O6. The number of carbonyl (C=O) groups excluding carboxylic acids is 2. The molecule has 0 aliphatic carbocycles. The van der Waals surface area contributed by atoms with Gasteiger partial charge in [-0.25, -0.2) is 4.79 Å². The van der Waals surface area contributed by atoms with Gasteiger partial charge in [0.1, 0.15) is 5.82 Å². The number of nitrogen functional groups attached to an aromatic ring is 1. The zero-order valence-electron chi connectivity index (χ0n) is 20.2. The number of amides is 2. The number of aromatic amines is 1. The van der Waals surface area contributed by atoms with Crippen LogP contribution in [0.4, 0.5) is 17.2 Å². The highest BCUT2D eigenvalue weighted by Crippen LogP contribution is 2.34. The molecule has 2 aromatic carbocycles. The molecule has 11 nitrogen and oxygen atoms in total. The number of benzene rings is 2. The van der Waals surface area contributed by atoms with E-state index in [9.17, 15) is 19.2 Å². The van der Waals surface area contributed by atoms with Gasteiger partial charge in [0.2, 0.25) is 11.8 Å². The SMILES string of the molecule is COc1ccc(N2CC(C(=O)N(C)c3c(N)n(Cc4ccccc4)c(=O)[nH]c3=O)CC2=O)cc1OC. The van der Waals surface area contributed by atoms with Gasteiger partial charge in [-0.05, 0) is 17.7 Å². The number of nitrogens with two attached hydrogens (primary N) is 1. The molecule has 0 saturated carbocycles. The first-order valence-electron chi connectivity index (χ1n) is 11.2. The molecule has 0 spiro atoms. The van der Waals surface area contributed by atoms with E-state index in [0.29, 0.717) is 17.2 Å². The number of ether oxygens (including phenoxy) is 2. The van der Waals surface area contributed by atoms with Gasteiger partial charge in [0.05, 0.1) is 26.7 Å². The van der Waals surface area contributed by atoms with Crippen LogP contribution in [0.5, 0.6) is 11.5 Å². The maximum Gasteiger partial charge on any atom is 0.330 e. The maximum atomic E-state index is 13.4. The van der Waals surface area contributed by atoms with Gasteiger partial charge in [-0.2, -0.15) is 0 Å². The van der Waals surface area contributed by atoms with Crippen LogP contribution in [0.1, 0.15) is 12.0 Å². The molecule has 36 heavy (non-hydrogen) atoms. The average Bonchev–Trinajstić information content (AvgIpc) is 3.27. The van der Waals surface area contributed by atoms with Crippen molar-refractivity contribution in [2.75, 3.05) is 43.3 Å². The summed E-state index contributed by atoms with van der Waals surface area (Å²) in [7, 11) is 4.41. The van der Waals surface area contributed by atoms with Crippen LogP contribution in [0.2, 0.25) is 0 Å². The Morgan fingerprint density at radius 1 is 1.08 bits per heavy atom. The number of nitrogens with one attached hydrogen (secondary N) is 1. The standard InChI is InChI=1S/C25H27N5O6/c1-28(21-22(26)30(25(34)27-23(21)32)13-15-7-5-4-6-8-15)24(33)16-11-20(31)29(14-16)17-9-10-18(35-2)19(12-17)36-3/h4-10,12,16H,11,13-14,26H2,1-3H3,(H,27,32,34). The Bertz CT molecular complexity index is 1410. The minimum absolute atomic E-state index is 0.0427. The monoisotopic (exact) mass is 493 g/mol. The number of methoxy groups -OCH3 is 2. The van der Waals surface area contributed by atoms with Crippen molar-refractivity contribution in [2.24, 2.45) is 5.92 Å². The molecule has 1 aliphatic rings. The zero-order valence-corrected chi connectivity index (χ0v) is 20.2. The number of anilines is 3. The van der Waals surface area contributed by atoms with Crippen LogP contribution in [0.3, 0.4) is 0 Å². The van der Waals surface area contributed by atoms with Crippen molar-refractivity contribution < 1.29 is 19.1 Å². The quantitative estimate of drug-likeness (QED) is 0.504. The van der Waals surface area contributed by atoms with Crippen molar-refractivity contribution in [3.05, 3.63) is 74.9 Å². The summed E-state index contributed by atoms with van der Waals surface area (Å²) in [6, 6.07) is 14.2. The van der Waals surface area contributed by atoms with E-state index in [4.69, 9.17) is 15.2 Å². The van der Waals surface area contributed by atoms with E-state index in [0.717, 1.165) is 10.5 Å². The van der Waals surface area contributed by atoms with Crippen LogP contribution in [-0.2, 0) is 16.1 Å². The lowest BCUT2D eigenvalue weighted by Crippen LogP contribution is -2.42. The lowest BCUT2D eigenvalue weighted by Gasteiger charge is -2.23. The number of rotatable bonds is 7. The Labute approximate surface area is 206 Å². The first-order chi connectivity index (χ1) is 17.2. The van der Waals surface area contributed by atoms with Crippen molar-refractivity contribution in [2.45, 2.75) is 13.0 Å². The molecule has 1 aromatic heterocycles. The number of hydrogen-bond acceptors (Lipinski definition) is 7. The highest BCUT2D eigenvalue weighted by Gasteiger charge is 2.38. The summed E-state index contributed by atoms with van der Waals surface area (Å²) in [6.45, 7) is 0.227. The predicted octanol–water partition coefficient (Wildman–Crippen LogP) is 1.20. The van der Waals surface area contributed by atoms with Crippen LogP contribution >= 0.6 is 0 Å². The molecule has 4 rings (SSSR count). The second-order valence-electron chi connectivity index (χ2n) is 8.41. The highest BCUT2D eigenvalue weighted by molar-refractivity contribution is 6.05. The number of hydrogen-bond donors (Lipinski definition) is 2. The van der Waals surface area contributed by atoms with Gasteiger partial charge in [-0.3, -0.25) is 23.9 Å². The van der Waals surface area contributed by atoms with E-state index in [2.05, 4.69) is 4.98 Å². The largest absolute Gasteiger partial charge is 0.493 e. The van der Waals surface area contributed by atoms with Crippen molar-refractivity contribution >= 4 is 29.0 Å². The zero-order chi connectivity index (χ0) is 26.0. The van der Waals surface area contributed by atoms with Gasteiger partial charge in [-0.15, -0.1) is 0 Å². The van der Waals surface area contributed by atoms with Crippen molar-refractivity contribution in [3.63, 3.8) is 0 Å². The van der Waals surface area contributed by atoms with Gasteiger partial charge >= 0.3 is 5.69 Å². The molecule has 1 saturated heterocycles. The second-order valence-corrected chi connectivity index (χ2v) is 8.41. The number of carbonyl (C=O) groups is 2. The van der Waals surface area contributed by atoms with Crippen LogP contribution in [0.15, 0.2) is 58.1 Å². The minimum atomic E-state index is -0.779. The minimum Gasteiger partial charge on any atom is -0.493 e. The van der Waals surface area contributed by atoms with Crippen molar-refractivity contribution in [3.8, 4) is 11.5 Å². The molecule has 188 valence electrons. The lowest BCUT2D eigenvalue weighted by molar-refractivity contribution is -0.124. The average molecular weight is 494 g/mol. The van der Waals surface area contributed by atoms with Gasteiger partial charge < -0.3 is 25.0 Å². The number of aromatic nitrogens is 2. The summed E-state index contributed by atoms with van der Waals surface area (Å²) >= 11 is 0. The third-order valence-corrected chi connectivity index (χ3v) is 6.22. The molecular weight excluding hydrogens is 466 g/mol. The number of H-pyrrole nitrogens is 1. The molecule has 1 unspecified atom stereocenters. The topological polar surface area (TPSA) is 140 Å². The Balaban J connectivity index is 1.59. The van der Waals surface area contributed by atoms with Crippen LogP contribution < -0.4 is 36.3 Å². The van der Waals surface area contributed by atoms with E-state index in [1.807, 2.05) is 30.3 Å². The first kappa shape index (κ1) is 24.6. The smallest absolute Gasteiger partial charge is 0.330 e. The molecule has 3 aromatic rings. The normalized spacial score (nSPS) is 15.1. The van der Waals surface area contributed by atoms with Crippen molar-refractivity contribution in [1.29, 1.82) is 0 Å². The van der Waals surface area contributed by atoms with Gasteiger partial charge in [0.25, 0.3) is 5.56 Å². The van der Waals surface area contributed by atoms with E-state index in [-0.39, 0.29) is 36.9 Å². The summed E-state index contributed by atoms with van der Waals surface area (Å²) in [6.07, 6.45) is -0.0427. The molecule has 2 amide bonds. The van der Waals surface area contributed by atoms with Crippen LogP contribution in [-0.4, -0.2) is 49.2 Å². The molecule has 11 heteroatoms. The summed E-state index contributed by atoms with van der Waals surface area (Å²) in [5, 5.41) is 0. The fraction of sp³-hybridized carbons (Fsp3) is 0.280. The fourth-order valence-electron chi connectivity index (χ4n) is 4.32.